The number of carbonyl (C=O) groups excluding carboxylic acids is 1. The Balaban J connectivity index is 2.13. The molecule has 19 heavy (non-hydrogen) atoms. The van der Waals surface area contributed by atoms with Gasteiger partial charge in [0.05, 0.1) is 18.4 Å². The molecule has 0 aliphatic heterocycles. The van der Waals surface area contributed by atoms with Gasteiger partial charge in [0, 0.05) is 26.6 Å². The van der Waals surface area contributed by atoms with Crippen LogP contribution in [-0.4, -0.2) is 27.5 Å². The van der Waals surface area contributed by atoms with Gasteiger partial charge in [-0.05, 0) is 0 Å². The minimum absolute atomic E-state index is 0.0227. The van der Waals surface area contributed by atoms with E-state index >= 15 is 0 Å². The number of hydrogen-bond acceptors (Lipinski definition) is 3. The van der Waals surface area contributed by atoms with Crippen LogP contribution in [0.25, 0.3) is 11.4 Å². The van der Waals surface area contributed by atoms with Crippen molar-refractivity contribution in [2.45, 2.75) is 13.5 Å². The molecule has 1 aromatic heterocycles. The summed E-state index contributed by atoms with van der Waals surface area (Å²) >= 11 is 0. The van der Waals surface area contributed by atoms with Crippen molar-refractivity contribution in [2.75, 3.05) is 7.05 Å². The van der Waals surface area contributed by atoms with Crippen molar-refractivity contribution in [1.29, 1.82) is 0 Å². The second-order valence-corrected chi connectivity index (χ2v) is 4.41. The van der Waals surface area contributed by atoms with E-state index in [0.717, 1.165) is 17.1 Å². The fraction of sp³-hybridized carbons (Fsp3) is 0.286. The van der Waals surface area contributed by atoms with Crippen LogP contribution in [0.4, 0.5) is 0 Å². The van der Waals surface area contributed by atoms with Gasteiger partial charge >= 0.3 is 0 Å². The molecule has 0 radical (unpaired) electrons. The topological polar surface area (TPSA) is 50.2 Å². The van der Waals surface area contributed by atoms with Crippen LogP contribution >= 0.6 is 0 Å². The Bertz CT molecular complexity index is 562. The van der Waals surface area contributed by atoms with Crippen molar-refractivity contribution in [3.8, 4) is 11.4 Å². The van der Waals surface area contributed by atoms with E-state index in [1.807, 2.05) is 48.1 Å². The van der Waals surface area contributed by atoms with E-state index in [9.17, 15) is 4.79 Å². The minimum Gasteiger partial charge on any atom is -0.330 e. The second kappa shape index (κ2) is 5.67. The first-order chi connectivity index (χ1) is 9.09. The molecule has 5 nitrogen and oxygen atoms in total. The van der Waals surface area contributed by atoms with Crippen molar-refractivity contribution in [3.63, 3.8) is 0 Å². The highest BCUT2D eigenvalue weighted by Gasteiger charge is 2.09. The summed E-state index contributed by atoms with van der Waals surface area (Å²) < 4.78 is 2.02. The van der Waals surface area contributed by atoms with Crippen LogP contribution in [0.5, 0.6) is 0 Å². The quantitative estimate of drug-likeness (QED) is 0.847. The summed E-state index contributed by atoms with van der Waals surface area (Å²) in [6.45, 7) is 2.08. The van der Waals surface area contributed by atoms with Crippen LogP contribution in [0.15, 0.2) is 36.5 Å². The second-order valence-electron chi connectivity index (χ2n) is 4.41. The summed E-state index contributed by atoms with van der Waals surface area (Å²) in [5.41, 5.74) is 5.13. The van der Waals surface area contributed by atoms with Crippen LogP contribution in [-0.2, 0) is 18.4 Å². The summed E-state index contributed by atoms with van der Waals surface area (Å²) in [6, 6.07) is 10.0. The molecular formula is C14H18N4O. The monoisotopic (exact) mass is 258 g/mol. The number of carbonyl (C=O) groups is 1. The summed E-state index contributed by atoms with van der Waals surface area (Å²) in [5.74, 6) is 0.897. The average molecular weight is 258 g/mol. The fourth-order valence-corrected chi connectivity index (χ4v) is 1.78. The molecule has 0 atom stereocenters. The highest BCUT2D eigenvalue weighted by Crippen LogP contribution is 2.17. The third kappa shape index (κ3) is 3.00. The van der Waals surface area contributed by atoms with E-state index in [1.54, 1.807) is 7.05 Å². The van der Waals surface area contributed by atoms with Crippen molar-refractivity contribution < 1.29 is 4.79 Å². The van der Waals surface area contributed by atoms with Gasteiger partial charge in [-0.1, -0.05) is 30.3 Å². The van der Waals surface area contributed by atoms with Crippen molar-refractivity contribution in [3.05, 3.63) is 42.2 Å². The number of nitrogens with one attached hydrogen (secondary N) is 1. The molecule has 1 heterocycles. The van der Waals surface area contributed by atoms with Gasteiger partial charge in [0.15, 0.2) is 0 Å². The Morgan fingerprint density at radius 3 is 2.68 bits per heavy atom. The Hall–Kier alpha value is -2.14. The molecule has 1 amide bonds. The van der Waals surface area contributed by atoms with Gasteiger partial charge in [0.1, 0.15) is 5.82 Å². The SMILES string of the molecule is CC(=O)N(C)NCc1cnc(-c2ccccc2)n1C. The van der Waals surface area contributed by atoms with Crippen molar-refractivity contribution in [2.24, 2.45) is 7.05 Å². The number of aromatic nitrogens is 2. The number of nitrogens with zero attached hydrogens (tertiary/aromatic N) is 3. The lowest BCUT2D eigenvalue weighted by atomic mass is 10.2. The predicted octanol–water partition coefficient (Wildman–Crippen LogP) is 1.57. The Labute approximate surface area is 112 Å². The molecule has 0 saturated carbocycles. The molecule has 0 bridgehead atoms. The third-order valence-electron chi connectivity index (χ3n) is 3.09. The molecule has 0 fully saturated rings. The van der Waals surface area contributed by atoms with Gasteiger partial charge in [0.25, 0.3) is 0 Å². The molecule has 0 saturated heterocycles. The van der Waals surface area contributed by atoms with E-state index in [2.05, 4.69) is 10.4 Å². The maximum Gasteiger partial charge on any atom is 0.233 e. The standard InChI is InChI=1S/C14H18N4O/c1-11(19)18(3)16-10-13-9-15-14(17(13)2)12-7-5-4-6-8-12/h4-9,16H,10H2,1-3H3. The first-order valence-electron chi connectivity index (χ1n) is 6.13. The zero-order valence-electron chi connectivity index (χ0n) is 11.4. The smallest absolute Gasteiger partial charge is 0.233 e. The van der Waals surface area contributed by atoms with E-state index in [-0.39, 0.29) is 5.91 Å². The Morgan fingerprint density at radius 1 is 1.37 bits per heavy atom. The lowest BCUT2D eigenvalue weighted by Gasteiger charge is -2.16. The van der Waals surface area contributed by atoms with E-state index in [0.29, 0.717) is 6.54 Å². The molecule has 1 aromatic carbocycles. The highest BCUT2D eigenvalue weighted by molar-refractivity contribution is 5.72. The zero-order chi connectivity index (χ0) is 13.8. The van der Waals surface area contributed by atoms with Gasteiger partial charge in [-0.15, -0.1) is 0 Å². The molecule has 2 aromatic rings. The molecule has 0 unspecified atom stereocenters. The summed E-state index contributed by atoms with van der Waals surface area (Å²) in [6.07, 6.45) is 1.82. The van der Waals surface area contributed by atoms with Gasteiger partial charge in [-0.3, -0.25) is 9.80 Å². The van der Waals surface area contributed by atoms with E-state index in [1.165, 1.54) is 11.9 Å². The number of amides is 1. The normalized spacial score (nSPS) is 10.5. The number of imidazole rings is 1. The first kappa shape index (κ1) is 13.3. The van der Waals surface area contributed by atoms with E-state index in [4.69, 9.17) is 0 Å². The first-order valence-corrected chi connectivity index (χ1v) is 6.13. The van der Waals surface area contributed by atoms with Gasteiger partial charge in [-0.2, -0.15) is 0 Å². The number of hydrogen-bond donors (Lipinski definition) is 1. The highest BCUT2D eigenvalue weighted by atomic mass is 16.2. The van der Waals surface area contributed by atoms with Gasteiger partial charge < -0.3 is 4.57 Å². The van der Waals surface area contributed by atoms with Crippen LogP contribution in [0.2, 0.25) is 0 Å². The average Bonchev–Trinajstić information content (AvgIpc) is 2.78. The van der Waals surface area contributed by atoms with Gasteiger partial charge in [-0.25, -0.2) is 10.4 Å². The minimum atomic E-state index is -0.0227. The predicted molar refractivity (Wildman–Crippen MR) is 73.9 cm³/mol. The maximum atomic E-state index is 11.1. The van der Waals surface area contributed by atoms with Crippen LogP contribution in [0.1, 0.15) is 12.6 Å². The lowest BCUT2D eigenvalue weighted by Crippen LogP contribution is -2.37. The molecule has 0 spiro atoms. The third-order valence-corrected chi connectivity index (χ3v) is 3.09. The molecule has 0 aliphatic rings. The van der Waals surface area contributed by atoms with Crippen LogP contribution in [0, 0.1) is 0 Å². The molecule has 0 aliphatic carbocycles. The molecular weight excluding hydrogens is 240 g/mol. The fourth-order valence-electron chi connectivity index (χ4n) is 1.78. The van der Waals surface area contributed by atoms with Crippen LogP contribution < -0.4 is 5.43 Å². The molecule has 100 valence electrons. The number of rotatable bonds is 4. The largest absolute Gasteiger partial charge is 0.330 e. The zero-order valence-corrected chi connectivity index (χ0v) is 11.4. The number of hydrazine groups is 1. The molecule has 1 N–H and O–H groups in total. The Morgan fingerprint density at radius 2 is 2.05 bits per heavy atom. The molecule has 2 rings (SSSR count). The molecule has 5 heteroatoms. The van der Waals surface area contributed by atoms with Crippen molar-refractivity contribution in [1.82, 2.24) is 20.0 Å². The summed E-state index contributed by atoms with van der Waals surface area (Å²) in [4.78, 5) is 15.5. The summed E-state index contributed by atoms with van der Waals surface area (Å²) in [5, 5.41) is 1.47. The van der Waals surface area contributed by atoms with E-state index < -0.39 is 0 Å². The maximum absolute atomic E-state index is 11.1. The number of benzene rings is 1. The van der Waals surface area contributed by atoms with Crippen LogP contribution in [0.3, 0.4) is 0 Å². The van der Waals surface area contributed by atoms with Gasteiger partial charge in [0.2, 0.25) is 5.91 Å². The summed E-state index contributed by atoms with van der Waals surface area (Å²) in [7, 11) is 3.68. The lowest BCUT2D eigenvalue weighted by molar-refractivity contribution is -0.130. The van der Waals surface area contributed by atoms with Crippen molar-refractivity contribution >= 4 is 5.91 Å². The Kier molecular flexibility index (Phi) is 3.97.